The minimum absolute atomic E-state index is 0.896. The summed E-state index contributed by atoms with van der Waals surface area (Å²) >= 11 is 0. The van der Waals surface area contributed by atoms with Crippen molar-refractivity contribution in [2.24, 2.45) is 0 Å². The molecular weight excluding hydrogens is 186 g/mol. The first-order valence-electron chi connectivity index (χ1n) is 5.14. The maximum Gasteiger partial charge on any atom is 0.0354 e. The molecule has 0 unspecified atom stereocenters. The molecule has 0 saturated heterocycles. The average molecular weight is 199 g/mol. The monoisotopic (exact) mass is 199 g/mol. The van der Waals surface area contributed by atoms with Gasteiger partial charge in [0.05, 0.1) is 0 Å². The molecule has 3 N–H and O–H groups in total. The third kappa shape index (κ3) is 1.56. The van der Waals surface area contributed by atoms with Crippen molar-refractivity contribution in [1.82, 2.24) is 16.2 Å². The Morgan fingerprint density at radius 2 is 1.33 bits per heavy atom. The lowest BCUT2D eigenvalue weighted by Gasteiger charge is -2.19. The fourth-order valence-corrected chi connectivity index (χ4v) is 1.99. The van der Waals surface area contributed by atoms with Gasteiger partial charge in [0.15, 0.2) is 0 Å². The highest BCUT2D eigenvalue weighted by Gasteiger charge is 2.10. The fraction of sp³-hybridized carbons (Fsp3) is 0.167. The first kappa shape index (κ1) is 8.71. The van der Waals surface area contributed by atoms with Gasteiger partial charge in [-0.3, -0.25) is 10.9 Å². The van der Waals surface area contributed by atoms with E-state index in [2.05, 4.69) is 40.5 Å². The summed E-state index contributed by atoms with van der Waals surface area (Å²) < 4.78 is 0. The highest BCUT2D eigenvalue weighted by molar-refractivity contribution is 5.68. The molecule has 0 fully saturated rings. The lowest BCUT2D eigenvalue weighted by atomic mass is 9.97. The first-order chi connectivity index (χ1) is 7.43. The summed E-state index contributed by atoms with van der Waals surface area (Å²) in [7, 11) is 0. The molecule has 0 aliphatic carbocycles. The minimum atomic E-state index is 0.896. The van der Waals surface area contributed by atoms with Crippen molar-refractivity contribution in [3.8, 4) is 0 Å². The van der Waals surface area contributed by atoms with E-state index in [1.165, 1.54) is 22.3 Å². The van der Waals surface area contributed by atoms with Crippen LogP contribution >= 0.6 is 0 Å². The standard InChI is InChI=1S/C12H13N3/c1-3-13-4-2-10-6-12-8-15-14-7-11(12)5-9(1)10/h1-6,13-15H,7-8H2. The third-order valence-electron chi connectivity index (χ3n) is 2.81. The molecule has 0 saturated carbocycles. The average Bonchev–Trinajstić information content (AvgIpc) is 2.50. The molecule has 2 heterocycles. The zero-order chi connectivity index (χ0) is 10.1. The highest BCUT2D eigenvalue weighted by atomic mass is 15.4. The molecule has 0 spiro atoms. The van der Waals surface area contributed by atoms with E-state index < -0.39 is 0 Å². The topological polar surface area (TPSA) is 36.1 Å². The summed E-state index contributed by atoms with van der Waals surface area (Å²) in [6.45, 7) is 1.79. The number of fused-ring (bicyclic) bond motifs is 2. The quantitative estimate of drug-likeness (QED) is 0.590. The second-order valence-corrected chi connectivity index (χ2v) is 3.79. The van der Waals surface area contributed by atoms with Gasteiger partial charge >= 0.3 is 0 Å². The van der Waals surface area contributed by atoms with E-state index in [4.69, 9.17) is 0 Å². The largest absolute Gasteiger partial charge is 0.368 e. The molecule has 3 heteroatoms. The molecule has 0 bridgehead atoms. The molecule has 2 aliphatic rings. The van der Waals surface area contributed by atoms with Gasteiger partial charge in [-0.05, 0) is 46.5 Å². The Morgan fingerprint density at radius 1 is 0.800 bits per heavy atom. The van der Waals surface area contributed by atoms with Gasteiger partial charge in [-0.1, -0.05) is 0 Å². The Bertz CT molecular complexity index is 405. The van der Waals surface area contributed by atoms with E-state index in [0.717, 1.165) is 13.1 Å². The van der Waals surface area contributed by atoms with Gasteiger partial charge in [0.2, 0.25) is 0 Å². The van der Waals surface area contributed by atoms with E-state index >= 15 is 0 Å². The molecule has 0 aromatic heterocycles. The zero-order valence-corrected chi connectivity index (χ0v) is 8.38. The summed E-state index contributed by atoms with van der Waals surface area (Å²) in [5.74, 6) is 0. The summed E-state index contributed by atoms with van der Waals surface area (Å²) in [5, 5.41) is 3.09. The molecule has 0 amide bonds. The second-order valence-electron chi connectivity index (χ2n) is 3.79. The van der Waals surface area contributed by atoms with Crippen LogP contribution in [0.1, 0.15) is 22.3 Å². The summed E-state index contributed by atoms with van der Waals surface area (Å²) in [4.78, 5) is 0. The molecule has 15 heavy (non-hydrogen) atoms. The van der Waals surface area contributed by atoms with Crippen molar-refractivity contribution >= 4 is 12.2 Å². The predicted octanol–water partition coefficient (Wildman–Crippen LogP) is 1.34. The van der Waals surface area contributed by atoms with Crippen molar-refractivity contribution in [3.63, 3.8) is 0 Å². The molecule has 0 atom stereocenters. The van der Waals surface area contributed by atoms with Crippen LogP contribution in [0.5, 0.6) is 0 Å². The summed E-state index contributed by atoms with van der Waals surface area (Å²) in [6.07, 6.45) is 8.14. The molecule has 1 aromatic rings. The Balaban J connectivity index is 2.15. The minimum Gasteiger partial charge on any atom is -0.368 e. The maximum absolute atomic E-state index is 3.16. The van der Waals surface area contributed by atoms with Gasteiger partial charge in [-0.15, -0.1) is 0 Å². The summed E-state index contributed by atoms with van der Waals surface area (Å²) in [5.41, 5.74) is 11.6. The van der Waals surface area contributed by atoms with Gasteiger partial charge < -0.3 is 5.32 Å². The number of benzene rings is 1. The van der Waals surface area contributed by atoms with Crippen molar-refractivity contribution < 1.29 is 0 Å². The van der Waals surface area contributed by atoms with Crippen LogP contribution in [-0.4, -0.2) is 0 Å². The number of rotatable bonds is 0. The van der Waals surface area contributed by atoms with Crippen LogP contribution in [0.3, 0.4) is 0 Å². The van der Waals surface area contributed by atoms with Crippen molar-refractivity contribution in [3.05, 3.63) is 46.8 Å². The van der Waals surface area contributed by atoms with Crippen LogP contribution < -0.4 is 16.2 Å². The third-order valence-corrected chi connectivity index (χ3v) is 2.81. The maximum atomic E-state index is 3.16. The van der Waals surface area contributed by atoms with Crippen LogP contribution in [0.25, 0.3) is 12.2 Å². The van der Waals surface area contributed by atoms with E-state index in [-0.39, 0.29) is 0 Å². The van der Waals surface area contributed by atoms with E-state index in [9.17, 15) is 0 Å². The predicted molar refractivity (Wildman–Crippen MR) is 61.3 cm³/mol. The number of hydrogen-bond acceptors (Lipinski definition) is 3. The molecule has 0 radical (unpaired) electrons. The van der Waals surface area contributed by atoms with Gasteiger partial charge in [-0.25, -0.2) is 0 Å². The number of hydrogen-bond donors (Lipinski definition) is 3. The lowest BCUT2D eigenvalue weighted by Crippen LogP contribution is -2.35. The van der Waals surface area contributed by atoms with E-state index in [0.29, 0.717) is 0 Å². The normalized spacial score (nSPS) is 17.6. The van der Waals surface area contributed by atoms with Crippen LogP contribution in [0, 0.1) is 0 Å². The SMILES string of the molecule is C1=Cc2cc3c(cc2C=CN1)CNNC3. The van der Waals surface area contributed by atoms with Crippen molar-refractivity contribution in [1.29, 1.82) is 0 Å². The Hall–Kier alpha value is -1.58. The lowest BCUT2D eigenvalue weighted by molar-refractivity contribution is 0.496. The van der Waals surface area contributed by atoms with Crippen LogP contribution in [0.2, 0.25) is 0 Å². The molecule has 3 rings (SSSR count). The van der Waals surface area contributed by atoms with E-state index in [1.807, 2.05) is 12.4 Å². The highest BCUT2D eigenvalue weighted by Crippen LogP contribution is 2.22. The van der Waals surface area contributed by atoms with Gasteiger partial charge in [0.1, 0.15) is 0 Å². The Morgan fingerprint density at radius 3 is 1.87 bits per heavy atom. The number of nitrogens with one attached hydrogen (secondary N) is 3. The van der Waals surface area contributed by atoms with Gasteiger partial charge in [0, 0.05) is 25.5 Å². The van der Waals surface area contributed by atoms with Crippen LogP contribution in [0.4, 0.5) is 0 Å². The Kier molecular flexibility index (Phi) is 2.05. The first-order valence-corrected chi connectivity index (χ1v) is 5.14. The molecule has 76 valence electrons. The summed E-state index contributed by atoms with van der Waals surface area (Å²) in [6, 6.07) is 4.51. The van der Waals surface area contributed by atoms with Gasteiger partial charge in [-0.2, -0.15) is 0 Å². The van der Waals surface area contributed by atoms with Crippen LogP contribution in [0.15, 0.2) is 24.5 Å². The van der Waals surface area contributed by atoms with Gasteiger partial charge in [0.25, 0.3) is 0 Å². The zero-order valence-electron chi connectivity index (χ0n) is 8.38. The van der Waals surface area contributed by atoms with Crippen LogP contribution in [-0.2, 0) is 13.1 Å². The van der Waals surface area contributed by atoms with E-state index in [1.54, 1.807) is 0 Å². The fourth-order valence-electron chi connectivity index (χ4n) is 1.99. The molecule has 3 nitrogen and oxygen atoms in total. The molecular formula is C12H13N3. The molecule has 2 aliphatic heterocycles. The smallest absolute Gasteiger partial charge is 0.0354 e. The Labute approximate surface area is 88.8 Å². The second kappa shape index (κ2) is 3.53. The molecule has 1 aromatic carbocycles. The number of hydrazine groups is 1. The van der Waals surface area contributed by atoms with Crippen molar-refractivity contribution in [2.75, 3.05) is 0 Å². The van der Waals surface area contributed by atoms with Crippen molar-refractivity contribution in [2.45, 2.75) is 13.1 Å².